The van der Waals surface area contributed by atoms with E-state index in [0.29, 0.717) is 0 Å². The first-order chi connectivity index (χ1) is 4.83. The summed E-state index contributed by atoms with van der Waals surface area (Å²) < 4.78 is 1.03. The van der Waals surface area contributed by atoms with E-state index in [2.05, 4.69) is 26.2 Å². The van der Waals surface area contributed by atoms with E-state index in [9.17, 15) is 0 Å². The van der Waals surface area contributed by atoms with Crippen molar-refractivity contribution in [1.82, 2.24) is 0 Å². The number of azo groups is 1. The Morgan fingerprint density at radius 1 is 1.40 bits per heavy atom. The second-order valence-corrected chi connectivity index (χ2v) is 2.70. The molecule has 1 aromatic carbocycles. The summed E-state index contributed by atoms with van der Waals surface area (Å²) in [4.78, 5) is 0. The number of hydrogen-bond donors (Lipinski definition) is 0. The Bertz CT molecular complexity index is 245. The zero-order valence-electron chi connectivity index (χ0n) is 5.58. The molecule has 10 heavy (non-hydrogen) atoms. The molecule has 2 nitrogen and oxygen atoms in total. The third-order valence-corrected chi connectivity index (χ3v) is 1.52. The number of rotatable bonds is 1. The van der Waals surface area contributed by atoms with Crippen molar-refractivity contribution >= 4 is 21.6 Å². The maximum Gasteiger partial charge on any atom is 0.0863 e. The van der Waals surface area contributed by atoms with Gasteiger partial charge < -0.3 is 0 Å². The summed E-state index contributed by atoms with van der Waals surface area (Å²) in [5.74, 6) is 0. The molecule has 3 heteroatoms. The van der Waals surface area contributed by atoms with Crippen LogP contribution in [0.15, 0.2) is 39.0 Å². The smallest absolute Gasteiger partial charge is 0.0863 e. The van der Waals surface area contributed by atoms with Crippen LogP contribution in [0, 0.1) is 0 Å². The fourth-order valence-electron chi connectivity index (χ4n) is 0.654. The Kier molecular flexibility index (Phi) is 2.57. The largest absolute Gasteiger partial charge is 0.192 e. The normalized spacial score (nSPS) is 10.6. The van der Waals surface area contributed by atoms with E-state index >= 15 is 0 Å². The summed E-state index contributed by atoms with van der Waals surface area (Å²) in [5.41, 5.74) is 0.872. The van der Waals surface area contributed by atoms with Crippen LogP contribution in [-0.4, -0.2) is 7.05 Å². The highest BCUT2D eigenvalue weighted by Crippen LogP contribution is 2.17. The summed E-state index contributed by atoms with van der Waals surface area (Å²) in [7, 11) is 1.65. The standard InChI is InChI=1S/C7H7BrN2/c1-9-10-7-4-2-3-6(8)5-7/h2-5H,1H3. The van der Waals surface area contributed by atoms with Gasteiger partial charge in [-0.3, -0.25) is 0 Å². The second-order valence-electron chi connectivity index (χ2n) is 1.78. The van der Waals surface area contributed by atoms with Gasteiger partial charge in [-0.1, -0.05) is 22.0 Å². The molecule has 0 aliphatic heterocycles. The minimum absolute atomic E-state index is 0.872. The van der Waals surface area contributed by atoms with Crippen molar-refractivity contribution in [3.8, 4) is 0 Å². The summed E-state index contributed by atoms with van der Waals surface area (Å²) in [6, 6.07) is 7.69. The molecule has 52 valence electrons. The van der Waals surface area contributed by atoms with Gasteiger partial charge in [0.25, 0.3) is 0 Å². The van der Waals surface area contributed by atoms with Crippen molar-refractivity contribution in [2.45, 2.75) is 0 Å². The zero-order chi connectivity index (χ0) is 7.40. The molecule has 0 unspecified atom stereocenters. The van der Waals surface area contributed by atoms with Crippen LogP contribution < -0.4 is 0 Å². The molecular formula is C7H7BrN2. The lowest BCUT2D eigenvalue weighted by Crippen LogP contribution is -1.63. The fraction of sp³-hybridized carbons (Fsp3) is 0.143. The van der Waals surface area contributed by atoms with Crippen molar-refractivity contribution in [2.75, 3.05) is 7.05 Å². The SMILES string of the molecule is CN=Nc1cccc(Br)c1. The van der Waals surface area contributed by atoms with Crippen LogP contribution in [0.2, 0.25) is 0 Å². The van der Waals surface area contributed by atoms with E-state index in [-0.39, 0.29) is 0 Å². The van der Waals surface area contributed by atoms with Crippen molar-refractivity contribution in [1.29, 1.82) is 0 Å². The minimum Gasteiger partial charge on any atom is -0.192 e. The minimum atomic E-state index is 0.872. The molecule has 0 aromatic heterocycles. The van der Waals surface area contributed by atoms with Crippen LogP contribution in [0.1, 0.15) is 0 Å². The van der Waals surface area contributed by atoms with Crippen LogP contribution in [0.3, 0.4) is 0 Å². The summed E-state index contributed by atoms with van der Waals surface area (Å²) in [6.45, 7) is 0. The summed E-state index contributed by atoms with van der Waals surface area (Å²) in [5, 5.41) is 7.51. The van der Waals surface area contributed by atoms with Crippen molar-refractivity contribution in [3.05, 3.63) is 28.7 Å². The monoisotopic (exact) mass is 198 g/mol. The van der Waals surface area contributed by atoms with Crippen LogP contribution in [0.5, 0.6) is 0 Å². The average Bonchev–Trinajstić information content (AvgIpc) is 1.88. The quantitative estimate of drug-likeness (QED) is 0.620. The van der Waals surface area contributed by atoms with Gasteiger partial charge in [-0.05, 0) is 18.2 Å². The highest BCUT2D eigenvalue weighted by atomic mass is 79.9. The van der Waals surface area contributed by atoms with Crippen molar-refractivity contribution in [2.24, 2.45) is 10.2 Å². The van der Waals surface area contributed by atoms with Gasteiger partial charge in [-0.15, -0.1) is 0 Å². The Morgan fingerprint density at radius 2 is 2.20 bits per heavy atom. The van der Waals surface area contributed by atoms with Gasteiger partial charge in [0.1, 0.15) is 0 Å². The summed E-state index contributed by atoms with van der Waals surface area (Å²) >= 11 is 3.33. The third kappa shape index (κ3) is 1.92. The number of nitrogens with zero attached hydrogens (tertiary/aromatic N) is 2. The molecule has 0 radical (unpaired) electrons. The molecule has 0 saturated heterocycles. The van der Waals surface area contributed by atoms with Crippen molar-refractivity contribution in [3.63, 3.8) is 0 Å². The van der Waals surface area contributed by atoms with E-state index in [1.54, 1.807) is 7.05 Å². The van der Waals surface area contributed by atoms with E-state index in [4.69, 9.17) is 0 Å². The molecule has 1 rings (SSSR count). The molecule has 1 aromatic rings. The van der Waals surface area contributed by atoms with E-state index in [1.807, 2.05) is 24.3 Å². The third-order valence-electron chi connectivity index (χ3n) is 1.02. The molecule has 0 spiro atoms. The lowest BCUT2D eigenvalue weighted by Gasteiger charge is -1.90. The molecule has 0 atom stereocenters. The van der Waals surface area contributed by atoms with Gasteiger partial charge >= 0.3 is 0 Å². The van der Waals surface area contributed by atoms with Gasteiger partial charge in [0.05, 0.1) is 5.69 Å². The molecule has 0 aliphatic rings. The number of benzene rings is 1. The topological polar surface area (TPSA) is 24.7 Å². The lowest BCUT2D eigenvalue weighted by atomic mass is 10.3. The van der Waals surface area contributed by atoms with E-state index in [0.717, 1.165) is 10.2 Å². The predicted molar refractivity (Wildman–Crippen MR) is 44.6 cm³/mol. The highest BCUT2D eigenvalue weighted by Gasteiger charge is 1.87. The molecule has 0 bridgehead atoms. The van der Waals surface area contributed by atoms with Crippen LogP contribution >= 0.6 is 15.9 Å². The Labute approximate surface area is 68.1 Å². The average molecular weight is 199 g/mol. The fourth-order valence-corrected chi connectivity index (χ4v) is 1.04. The summed E-state index contributed by atoms with van der Waals surface area (Å²) in [6.07, 6.45) is 0. The van der Waals surface area contributed by atoms with Gasteiger partial charge in [0, 0.05) is 11.5 Å². The highest BCUT2D eigenvalue weighted by molar-refractivity contribution is 9.10. The van der Waals surface area contributed by atoms with Crippen LogP contribution in [0.25, 0.3) is 0 Å². The van der Waals surface area contributed by atoms with Crippen LogP contribution in [0.4, 0.5) is 5.69 Å². The zero-order valence-corrected chi connectivity index (χ0v) is 7.17. The molecule has 0 fully saturated rings. The number of hydrogen-bond acceptors (Lipinski definition) is 2. The maximum atomic E-state index is 3.86. The maximum absolute atomic E-state index is 3.86. The first-order valence-corrected chi connectivity index (χ1v) is 3.67. The Hall–Kier alpha value is -0.700. The van der Waals surface area contributed by atoms with Crippen LogP contribution in [-0.2, 0) is 0 Å². The Balaban J connectivity index is 2.95. The van der Waals surface area contributed by atoms with Gasteiger partial charge in [0.15, 0.2) is 0 Å². The lowest BCUT2D eigenvalue weighted by molar-refractivity contribution is 1.17. The van der Waals surface area contributed by atoms with Gasteiger partial charge in [-0.25, -0.2) is 0 Å². The number of halogens is 1. The van der Waals surface area contributed by atoms with Gasteiger partial charge in [0.2, 0.25) is 0 Å². The predicted octanol–water partition coefficient (Wildman–Crippen LogP) is 3.16. The molecule has 0 N–H and O–H groups in total. The molecule has 0 heterocycles. The first kappa shape index (κ1) is 7.41. The van der Waals surface area contributed by atoms with Crippen molar-refractivity contribution < 1.29 is 0 Å². The Morgan fingerprint density at radius 3 is 2.80 bits per heavy atom. The van der Waals surface area contributed by atoms with Gasteiger partial charge in [-0.2, -0.15) is 10.2 Å². The molecular weight excluding hydrogens is 192 g/mol. The first-order valence-electron chi connectivity index (χ1n) is 2.88. The molecule has 0 saturated carbocycles. The van der Waals surface area contributed by atoms with E-state index in [1.165, 1.54) is 0 Å². The molecule has 0 aliphatic carbocycles. The second kappa shape index (κ2) is 3.46. The molecule has 0 amide bonds. The van der Waals surface area contributed by atoms with E-state index < -0.39 is 0 Å².